The molecule has 0 saturated heterocycles. The minimum absolute atomic E-state index is 0.0232. The van der Waals surface area contributed by atoms with E-state index in [9.17, 15) is 4.79 Å². The third-order valence-electron chi connectivity index (χ3n) is 3.17. The fraction of sp³-hybridized carbons (Fsp3) is 0.133. The maximum atomic E-state index is 11.8. The average Bonchev–Trinajstić information content (AvgIpc) is 2.38. The van der Waals surface area contributed by atoms with Crippen LogP contribution in [0.5, 0.6) is 0 Å². The summed E-state index contributed by atoms with van der Waals surface area (Å²) in [5.74, 6) is 0.0232. The maximum absolute atomic E-state index is 11.8. The number of nitrogens with one attached hydrogen (secondary N) is 1. The molecule has 0 radical (unpaired) electrons. The number of halogens is 1. The van der Waals surface area contributed by atoms with Crippen molar-refractivity contribution in [3.8, 4) is 0 Å². The van der Waals surface area contributed by atoms with Gasteiger partial charge in [0.15, 0.2) is 0 Å². The second-order valence-corrected chi connectivity index (χ2v) is 5.88. The smallest absolute Gasteiger partial charge is 0.244 e. The lowest BCUT2D eigenvalue weighted by Crippen LogP contribution is -2.35. The molecule has 3 nitrogen and oxygen atoms in total. The van der Waals surface area contributed by atoms with Crippen molar-refractivity contribution in [1.82, 2.24) is 0 Å². The fourth-order valence-electron chi connectivity index (χ4n) is 2.22. The zero-order valence-electron chi connectivity index (χ0n) is 10.5. The molecule has 0 aliphatic carbocycles. The minimum Gasteiger partial charge on any atom is -0.330 e. The van der Waals surface area contributed by atoms with Crippen molar-refractivity contribution in [1.29, 1.82) is 0 Å². The summed E-state index contributed by atoms with van der Waals surface area (Å²) < 4.78 is 1.11. The first kappa shape index (κ1) is 12.5. The highest BCUT2D eigenvalue weighted by molar-refractivity contribution is 14.1. The van der Waals surface area contributed by atoms with Crippen LogP contribution < -0.4 is 10.2 Å². The molecule has 19 heavy (non-hydrogen) atoms. The molecule has 4 heteroatoms. The third kappa shape index (κ3) is 2.45. The zero-order valence-corrected chi connectivity index (χ0v) is 12.6. The quantitative estimate of drug-likeness (QED) is 0.783. The predicted octanol–water partition coefficient (Wildman–Crippen LogP) is 3.69. The number of fused-ring (bicyclic) bond motifs is 1. The summed E-state index contributed by atoms with van der Waals surface area (Å²) >= 11 is 2.25. The lowest BCUT2D eigenvalue weighted by atomic mass is 10.1. The molecule has 0 bridgehead atoms. The molecular formula is C15H13IN2O. The molecule has 0 atom stereocenters. The van der Waals surface area contributed by atoms with E-state index in [2.05, 4.69) is 71.2 Å². The summed E-state index contributed by atoms with van der Waals surface area (Å²) in [5.41, 5.74) is 4.18. The number of nitrogens with zero attached hydrogens (tertiary/aromatic N) is 1. The molecule has 1 amide bonds. The molecule has 0 aromatic heterocycles. The molecule has 1 heterocycles. The van der Waals surface area contributed by atoms with Crippen LogP contribution in [-0.4, -0.2) is 12.5 Å². The van der Waals surface area contributed by atoms with Gasteiger partial charge in [0.25, 0.3) is 0 Å². The van der Waals surface area contributed by atoms with E-state index in [0.29, 0.717) is 6.54 Å². The Morgan fingerprint density at radius 3 is 2.63 bits per heavy atom. The van der Waals surface area contributed by atoms with Gasteiger partial charge in [-0.15, -0.1) is 0 Å². The van der Waals surface area contributed by atoms with Gasteiger partial charge in [0, 0.05) is 9.26 Å². The van der Waals surface area contributed by atoms with E-state index in [1.54, 1.807) is 0 Å². The van der Waals surface area contributed by atoms with Gasteiger partial charge in [-0.05, 0) is 59.8 Å². The van der Waals surface area contributed by atoms with Crippen molar-refractivity contribution in [3.05, 3.63) is 51.6 Å². The highest BCUT2D eigenvalue weighted by Crippen LogP contribution is 2.35. The van der Waals surface area contributed by atoms with Gasteiger partial charge in [-0.2, -0.15) is 0 Å². The Morgan fingerprint density at radius 1 is 1.16 bits per heavy atom. The van der Waals surface area contributed by atoms with Gasteiger partial charge in [-0.25, -0.2) is 0 Å². The number of rotatable bonds is 1. The van der Waals surface area contributed by atoms with Crippen LogP contribution >= 0.6 is 22.6 Å². The molecule has 1 aliphatic heterocycles. The van der Waals surface area contributed by atoms with Gasteiger partial charge in [0.2, 0.25) is 5.91 Å². The molecule has 0 saturated carbocycles. The maximum Gasteiger partial charge on any atom is 0.244 e. The van der Waals surface area contributed by atoms with E-state index in [0.717, 1.165) is 20.6 Å². The number of carbonyl (C=O) groups excluding carboxylic acids is 1. The number of anilines is 3. The van der Waals surface area contributed by atoms with Crippen LogP contribution in [0.15, 0.2) is 42.5 Å². The van der Waals surface area contributed by atoms with Crippen LogP contribution in [0.1, 0.15) is 5.56 Å². The van der Waals surface area contributed by atoms with Gasteiger partial charge in [0.05, 0.1) is 11.4 Å². The summed E-state index contributed by atoms with van der Waals surface area (Å²) in [6, 6.07) is 14.3. The van der Waals surface area contributed by atoms with Gasteiger partial charge in [0.1, 0.15) is 6.54 Å². The number of carbonyl (C=O) groups is 1. The number of benzene rings is 2. The molecule has 0 unspecified atom stereocenters. The van der Waals surface area contributed by atoms with E-state index < -0.39 is 0 Å². The van der Waals surface area contributed by atoms with Gasteiger partial charge in [-0.3, -0.25) is 4.79 Å². The van der Waals surface area contributed by atoms with Crippen LogP contribution in [0.3, 0.4) is 0 Å². The monoisotopic (exact) mass is 364 g/mol. The molecule has 1 N–H and O–H groups in total. The lowest BCUT2D eigenvalue weighted by Gasteiger charge is -2.31. The lowest BCUT2D eigenvalue weighted by molar-refractivity contribution is -0.115. The van der Waals surface area contributed by atoms with E-state index in [1.165, 1.54) is 5.56 Å². The van der Waals surface area contributed by atoms with Crippen molar-refractivity contribution in [2.75, 3.05) is 16.8 Å². The largest absolute Gasteiger partial charge is 0.330 e. The number of hydrogen-bond acceptors (Lipinski definition) is 2. The van der Waals surface area contributed by atoms with Crippen LogP contribution in [0, 0.1) is 10.5 Å². The van der Waals surface area contributed by atoms with Crippen molar-refractivity contribution in [2.45, 2.75) is 6.92 Å². The standard InChI is InChI=1S/C15H13IN2O/c1-10-2-5-12(6-3-10)18-9-15(19)17-13-8-11(16)4-7-14(13)18/h2-8H,9H2,1H3,(H,17,19). The number of hydrogen-bond donors (Lipinski definition) is 1. The van der Waals surface area contributed by atoms with E-state index >= 15 is 0 Å². The molecule has 0 fully saturated rings. The topological polar surface area (TPSA) is 32.3 Å². The van der Waals surface area contributed by atoms with E-state index in [4.69, 9.17) is 0 Å². The predicted molar refractivity (Wildman–Crippen MR) is 86.0 cm³/mol. The third-order valence-corrected chi connectivity index (χ3v) is 3.84. The Bertz CT molecular complexity index is 637. The Labute approximate surface area is 125 Å². The Hall–Kier alpha value is -1.56. The normalized spacial score (nSPS) is 14.0. The van der Waals surface area contributed by atoms with Crippen molar-refractivity contribution in [3.63, 3.8) is 0 Å². The van der Waals surface area contributed by atoms with Crippen LogP contribution in [0.25, 0.3) is 0 Å². The Balaban J connectivity index is 2.08. The summed E-state index contributed by atoms with van der Waals surface area (Å²) in [6.45, 7) is 2.42. The van der Waals surface area contributed by atoms with Crippen molar-refractivity contribution < 1.29 is 4.79 Å². The van der Waals surface area contributed by atoms with Crippen molar-refractivity contribution >= 4 is 45.6 Å². The molecule has 1 aliphatic rings. The SMILES string of the molecule is Cc1ccc(N2CC(=O)Nc3cc(I)ccc32)cc1. The first-order chi connectivity index (χ1) is 9.13. The first-order valence-corrected chi connectivity index (χ1v) is 7.15. The second kappa shape index (κ2) is 4.85. The van der Waals surface area contributed by atoms with Crippen LogP contribution in [0.4, 0.5) is 17.1 Å². The van der Waals surface area contributed by atoms with Crippen LogP contribution in [0.2, 0.25) is 0 Å². The Morgan fingerprint density at radius 2 is 1.89 bits per heavy atom. The number of aryl methyl sites for hydroxylation is 1. The Kier molecular flexibility index (Phi) is 3.18. The van der Waals surface area contributed by atoms with Crippen LogP contribution in [-0.2, 0) is 4.79 Å². The summed E-state index contributed by atoms with van der Waals surface area (Å²) in [4.78, 5) is 13.9. The highest BCUT2D eigenvalue weighted by atomic mass is 127. The van der Waals surface area contributed by atoms with E-state index in [1.807, 2.05) is 11.0 Å². The van der Waals surface area contributed by atoms with Crippen molar-refractivity contribution in [2.24, 2.45) is 0 Å². The van der Waals surface area contributed by atoms with E-state index in [-0.39, 0.29) is 5.91 Å². The first-order valence-electron chi connectivity index (χ1n) is 6.07. The molecule has 2 aromatic carbocycles. The molecule has 0 spiro atoms. The molecular weight excluding hydrogens is 351 g/mol. The second-order valence-electron chi connectivity index (χ2n) is 4.63. The number of amides is 1. The molecule has 96 valence electrons. The fourth-order valence-corrected chi connectivity index (χ4v) is 2.71. The zero-order chi connectivity index (χ0) is 13.4. The van der Waals surface area contributed by atoms with Gasteiger partial charge in [-0.1, -0.05) is 17.7 Å². The summed E-state index contributed by atoms with van der Waals surface area (Å²) in [5, 5.41) is 2.93. The molecule has 3 rings (SSSR count). The minimum atomic E-state index is 0.0232. The average molecular weight is 364 g/mol. The molecule has 2 aromatic rings. The summed E-state index contributed by atoms with van der Waals surface area (Å²) in [7, 11) is 0. The van der Waals surface area contributed by atoms with Gasteiger partial charge < -0.3 is 10.2 Å². The van der Waals surface area contributed by atoms with Gasteiger partial charge >= 0.3 is 0 Å². The highest BCUT2D eigenvalue weighted by Gasteiger charge is 2.23. The summed E-state index contributed by atoms with van der Waals surface area (Å²) in [6.07, 6.45) is 0.